The van der Waals surface area contributed by atoms with Crippen LogP contribution in [0.3, 0.4) is 0 Å². The molecule has 0 spiro atoms. The summed E-state index contributed by atoms with van der Waals surface area (Å²) in [7, 11) is -4.07. The standard InChI is InChI=1S/C29H31ClN4O6S/c1-21-9-12-23(16-27(21)30)34(41(37,38)26-7-3-2-4-8-26)19-28(35)33-32-17-22-10-13-24(14-11-22)40-20-29(36)31-18-25-6-5-15-39-25/h2-4,7-14,16-17,25H,5-6,15,18-20H2,1H3,(H,31,36)(H,33,35)/b32-17-/t25-/m1/s1. The molecule has 3 aromatic rings. The molecule has 3 aromatic carbocycles. The van der Waals surface area contributed by atoms with Crippen LogP contribution in [-0.2, 0) is 24.3 Å². The van der Waals surface area contributed by atoms with Crippen LogP contribution < -0.4 is 19.8 Å². The molecule has 1 fully saturated rings. The van der Waals surface area contributed by atoms with Crippen LogP contribution in [0.25, 0.3) is 0 Å². The van der Waals surface area contributed by atoms with Crippen LogP contribution in [0, 0.1) is 6.92 Å². The maximum atomic E-state index is 13.4. The Morgan fingerprint density at radius 2 is 1.85 bits per heavy atom. The Kier molecular flexibility index (Phi) is 10.3. The molecule has 0 saturated carbocycles. The first kappa shape index (κ1) is 30.0. The number of ether oxygens (including phenoxy) is 2. The number of nitrogens with zero attached hydrogens (tertiary/aromatic N) is 2. The summed E-state index contributed by atoms with van der Waals surface area (Å²) in [5, 5.41) is 7.12. The molecule has 4 rings (SSSR count). The summed E-state index contributed by atoms with van der Waals surface area (Å²) in [6, 6.07) is 19.4. The van der Waals surface area contributed by atoms with Gasteiger partial charge in [-0.2, -0.15) is 5.10 Å². The van der Waals surface area contributed by atoms with Crippen molar-refractivity contribution in [2.45, 2.75) is 30.8 Å². The Hall–Kier alpha value is -3.93. The lowest BCUT2D eigenvalue weighted by Gasteiger charge is -2.24. The number of sulfonamides is 1. The number of aryl methyl sites for hydroxylation is 1. The number of hydrogen-bond acceptors (Lipinski definition) is 7. The molecule has 10 nitrogen and oxygen atoms in total. The van der Waals surface area contributed by atoms with Crippen LogP contribution in [0.15, 0.2) is 82.8 Å². The number of benzene rings is 3. The SMILES string of the molecule is Cc1ccc(N(CC(=O)N/N=C\c2ccc(OCC(=O)NC[C@H]3CCCO3)cc2)S(=O)(=O)c2ccccc2)cc1Cl. The molecule has 0 unspecified atom stereocenters. The van der Waals surface area contributed by atoms with E-state index in [2.05, 4.69) is 15.8 Å². The number of carbonyl (C=O) groups is 2. The van der Waals surface area contributed by atoms with Crippen molar-refractivity contribution in [3.05, 3.63) is 88.9 Å². The van der Waals surface area contributed by atoms with Gasteiger partial charge < -0.3 is 14.8 Å². The van der Waals surface area contributed by atoms with Gasteiger partial charge in [-0.3, -0.25) is 13.9 Å². The lowest BCUT2D eigenvalue weighted by Crippen LogP contribution is -2.39. The van der Waals surface area contributed by atoms with Gasteiger partial charge in [0, 0.05) is 18.2 Å². The van der Waals surface area contributed by atoms with Gasteiger partial charge in [-0.1, -0.05) is 35.9 Å². The third kappa shape index (κ3) is 8.53. The fraction of sp³-hybridized carbons (Fsp3) is 0.276. The van der Waals surface area contributed by atoms with Gasteiger partial charge in [0.05, 0.1) is 22.9 Å². The quantitative estimate of drug-likeness (QED) is 0.242. The number of rotatable bonds is 12. The molecule has 1 heterocycles. The molecule has 41 heavy (non-hydrogen) atoms. The second kappa shape index (κ2) is 14.1. The molecule has 12 heteroatoms. The summed E-state index contributed by atoms with van der Waals surface area (Å²) >= 11 is 6.25. The van der Waals surface area contributed by atoms with E-state index < -0.39 is 22.5 Å². The topological polar surface area (TPSA) is 126 Å². The highest BCUT2D eigenvalue weighted by molar-refractivity contribution is 7.92. The maximum absolute atomic E-state index is 13.4. The normalized spacial score (nSPS) is 15.0. The van der Waals surface area contributed by atoms with Crippen LogP contribution >= 0.6 is 11.6 Å². The first-order chi connectivity index (χ1) is 19.7. The molecule has 0 aromatic heterocycles. The van der Waals surface area contributed by atoms with E-state index in [0.29, 0.717) is 22.9 Å². The smallest absolute Gasteiger partial charge is 0.264 e. The number of anilines is 1. The van der Waals surface area contributed by atoms with Gasteiger partial charge >= 0.3 is 0 Å². The summed E-state index contributed by atoms with van der Waals surface area (Å²) in [6.07, 6.45) is 3.43. The molecule has 0 radical (unpaired) electrons. The van der Waals surface area contributed by atoms with E-state index in [1.807, 2.05) is 0 Å². The van der Waals surface area contributed by atoms with Gasteiger partial charge in [0.1, 0.15) is 12.3 Å². The number of nitrogens with one attached hydrogen (secondary N) is 2. The van der Waals surface area contributed by atoms with Gasteiger partial charge in [0.25, 0.3) is 21.8 Å². The number of amides is 2. The Morgan fingerprint density at radius 1 is 1.10 bits per heavy atom. The van der Waals surface area contributed by atoms with Crippen molar-refractivity contribution in [3.8, 4) is 5.75 Å². The maximum Gasteiger partial charge on any atom is 0.264 e. The van der Waals surface area contributed by atoms with Crippen LogP contribution in [0.2, 0.25) is 5.02 Å². The van der Waals surface area contributed by atoms with Gasteiger partial charge in [0.2, 0.25) is 0 Å². The van der Waals surface area contributed by atoms with Crippen LogP contribution in [0.5, 0.6) is 5.75 Å². The minimum atomic E-state index is -4.07. The van der Waals surface area contributed by atoms with Crippen molar-refractivity contribution in [2.24, 2.45) is 5.10 Å². The molecule has 1 aliphatic rings. The number of hydrazone groups is 1. The highest BCUT2D eigenvalue weighted by Gasteiger charge is 2.27. The van der Waals surface area contributed by atoms with Crippen molar-refractivity contribution in [1.82, 2.24) is 10.7 Å². The van der Waals surface area contributed by atoms with Crippen LogP contribution in [0.4, 0.5) is 5.69 Å². The Balaban J connectivity index is 1.33. The zero-order valence-corrected chi connectivity index (χ0v) is 24.0. The molecular formula is C29H31ClN4O6S. The molecule has 0 bridgehead atoms. The van der Waals surface area contributed by atoms with E-state index in [-0.39, 0.29) is 29.2 Å². The fourth-order valence-corrected chi connectivity index (χ4v) is 5.61. The summed E-state index contributed by atoms with van der Waals surface area (Å²) in [5.74, 6) is -0.381. The largest absolute Gasteiger partial charge is 0.484 e. The second-order valence-corrected chi connectivity index (χ2v) is 11.6. The van der Waals surface area contributed by atoms with E-state index in [1.54, 1.807) is 61.5 Å². The van der Waals surface area contributed by atoms with E-state index in [4.69, 9.17) is 21.1 Å². The van der Waals surface area contributed by atoms with Crippen molar-refractivity contribution in [3.63, 3.8) is 0 Å². The molecule has 216 valence electrons. The monoisotopic (exact) mass is 598 g/mol. The third-order valence-corrected chi connectivity index (χ3v) is 8.46. The van der Waals surface area contributed by atoms with Crippen molar-refractivity contribution >= 4 is 45.3 Å². The second-order valence-electron chi connectivity index (χ2n) is 9.35. The predicted octanol–water partition coefficient (Wildman–Crippen LogP) is 3.67. The molecule has 1 aliphatic heterocycles. The van der Waals surface area contributed by atoms with E-state index >= 15 is 0 Å². The zero-order chi connectivity index (χ0) is 29.2. The van der Waals surface area contributed by atoms with Gasteiger partial charge in [-0.15, -0.1) is 0 Å². The molecule has 1 atom stereocenters. The zero-order valence-electron chi connectivity index (χ0n) is 22.5. The lowest BCUT2D eigenvalue weighted by molar-refractivity contribution is -0.123. The van der Waals surface area contributed by atoms with Crippen LogP contribution in [-0.4, -0.2) is 58.9 Å². The summed E-state index contributed by atoms with van der Waals surface area (Å²) in [6.45, 7) is 2.36. The lowest BCUT2D eigenvalue weighted by atomic mass is 10.2. The number of hydrogen-bond donors (Lipinski definition) is 2. The molecular weight excluding hydrogens is 568 g/mol. The first-order valence-electron chi connectivity index (χ1n) is 13.0. The fourth-order valence-electron chi connectivity index (χ4n) is 4.00. The summed E-state index contributed by atoms with van der Waals surface area (Å²) in [5.41, 5.74) is 4.05. The molecule has 2 N–H and O–H groups in total. The highest BCUT2D eigenvalue weighted by Crippen LogP contribution is 2.28. The number of halogens is 1. The Bertz CT molecular complexity index is 1480. The molecule has 0 aliphatic carbocycles. The van der Waals surface area contributed by atoms with Gasteiger partial charge in [0.15, 0.2) is 6.61 Å². The van der Waals surface area contributed by atoms with Crippen molar-refractivity contribution in [2.75, 3.05) is 30.6 Å². The molecule has 2 amide bonds. The van der Waals surface area contributed by atoms with Crippen molar-refractivity contribution < 1.29 is 27.5 Å². The van der Waals surface area contributed by atoms with E-state index in [1.165, 1.54) is 24.4 Å². The Labute approximate surface area is 244 Å². The average Bonchev–Trinajstić information content (AvgIpc) is 3.50. The summed E-state index contributed by atoms with van der Waals surface area (Å²) in [4.78, 5) is 24.8. The van der Waals surface area contributed by atoms with E-state index in [0.717, 1.165) is 29.3 Å². The first-order valence-corrected chi connectivity index (χ1v) is 14.8. The predicted molar refractivity (Wildman–Crippen MR) is 157 cm³/mol. The van der Waals surface area contributed by atoms with Crippen LogP contribution in [0.1, 0.15) is 24.0 Å². The minimum absolute atomic E-state index is 0.0376. The Morgan fingerprint density at radius 3 is 2.54 bits per heavy atom. The van der Waals surface area contributed by atoms with E-state index in [9.17, 15) is 18.0 Å². The van der Waals surface area contributed by atoms with Gasteiger partial charge in [-0.05, 0) is 79.4 Å². The van der Waals surface area contributed by atoms with Gasteiger partial charge in [-0.25, -0.2) is 13.8 Å². The summed E-state index contributed by atoms with van der Waals surface area (Å²) < 4.78 is 38.8. The van der Waals surface area contributed by atoms with Crippen molar-refractivity contribution in [1.29, 1.82) is 0 Å². The molecule has 1 saturated heterocycles. The highest BCUT2D eigenvalue weighted by atomic mass is 35.5. The number of carbonyl (C=O) groups excluding carboxylic acids is 2. The average molecular weight is 599 g/mol. The third-order valence-electron chi connectivity index (χ3n) is 6.27. The minimum Gasteiger partial charge on any atom is -0.484 e.